The Labute approximate surface area is 118 Å². The molecule has 0 fully saturated rings. The van der Waals surface area contributed by atoms with Crippen molar-refractivity contribution in [3.05, 3.63) is 43.9 Å². The van der Waals surface area contributed by atoms with Gasteiger partial charge in [0.1, 0.15) is 5.82 Å². The largest absolute Gasteiger partial charge is 0.386 e. The van der Waals surface area contributed by atoms with Crippen molar-refractivity contribution in [3.8, 4) is 0 Å². The third kappa shape index (κ3) is 2.21. The van der Waals surface area contributed by atoms with Gasteiger partial charge >= 0.3 is 0 Å². The van der Waals surface area contributed by atoms with E-state index in [0.717, 1.165) is 5.69 Å². The second kappa shape index (κ2) is 4.42. The first-order chi connectivity index (χ1) is 8.64. The van der Waals surface area contributed by atoms with Crippen molar-refractivity contribution in [2.45, 2.75) is 26.4 Å². The van der Waals surface area contributed by atoms with Crippen molar-refractivity contribution in [2.75, 3.05) is 0 Å². The average Bonchev–Trinajstić information content (AvgIpc) is 2.31. The van der Waals surface area contributed by atoms with Crippen LogP contribution in [-0.2, 0) is 12.6 Å². The number of aromatic nitrogens is 1. The van der Waals surface area contributed by atoms with Gasteiger partial charge in [0.2, 0.25) is 5.43 Å². The number of benzene rings is 1. The summed E-state index contributed by atoms with van der Waals surface area (Å²) in [6.45, 7) is 4.83. The zero-order valence-electron chi connectivity index (χ0n) is 11.2. The number of rotatable bonds is 1. The fraction of sp³-hybridized carbons (Fsp3) is 0.357. The van der Waals surface area contributed by atoms with Crippen LogP contribution in [0, 0.1) is 12.7 Å². The van der Waals surface area contributed by atoms with Crippen LogP contribution in [0.2, 0.25) is 0 Å². The van der Waals surface area contributed by atoms with Gasteiger partial charge < -0.3 is 9.67 Å². The molecule has 0 aliphatic rings. The molecule has 1 aromatic heterocycles. The van der Waals surface area contributed by atoms with Crippen molar-refractivity contribution in [1.82, 2.24) is 4.57 Å². The second-order valence-electron chi connectivity index (χ2n) is 5.20. The summed E-state index contributed by atoms with van der Waals surface area (Å²) < 4.78 is 16.3. The predicted octanol–water partition coefficient (Wildman–Crippen LogP) is 2.98. The molecule has 5 heteroatoms. The number of aryl methyl sites for hydroxylation is 1. The van der Waals surface area contributed by atoms with Gasteiger partial charge in [-0.25, -0.2) is 4.39 Å². The highest BCUT2D eigenvalue weighted by Crippen LogP contribution is 2.28. The first-order valence-corrected chi connectivity index (χ1v) is 6.65. The Morgan fingerprint density at radius 3 is 2.47 bits per heavy atom. The summed E-state index contributed by atoms with van der Waals surface area (Å²) in [6, 6.07) is 2.72. The highest BCUT2D eigenvalue weighted by Gasteiger charge is 2.23. The van der Waals surface area contributed by atoms with E-state index in [2.05, 4.69) is 15.9 Å². The van der Waals surface area contributed by atoms with Gasteiger partial charge in [-0.1, -0.05) is 0 Å². The molecule has 0 spiro atoms. The van der Waals surface area contributed by atoms with E-state index in [1.807, 2.05) is 0 Å². The van der Waals surface area contributed by atoms with E-state index in [-0.39, 0.29) is 11.0 Å². The Kier molecular flexibility index (Phi) is 3.31. The summed E-state index contributed by atoms with van der Waals surface area (Å²) in [4.78, 5) is 12.1. The maximum Gasteiger partial charge on any atom is 0.203 e. The van der Waals surface area contributed by atoms with Gasteiger partial charge in [-0.05, 0) is 48.8 Å². The summed E-state index contributed by atoms with van der Waals surface area (Å²) in [5.41, 5.74) is -0.00601. The van der Waals surface area contributed by atoms with Crippen LogP contribution >= 0.6 is 15.9 Å². The lowest BCUT2D eigenvalue weighted by molar-refractivity contribution is 0.0747. The molecule has 0 aliphatic carbocycles. The summed E-state index contributed by atoms with van der Waals surface area (Å²) in [5, 5.41) is 10.3. The number of halogens is 2. The Morgan fingerprint density at radius 2 is 1.95 bits per heavy atom. The van der Waals surface area contributed by atoms with Crippen molar-refractivity contribution >= 4 is 26.8 Å². The Hall–Kier alpha value is -1.20. The van der Waals surface area contributed by atoms with Crippen molar-refractivity contribution in [1.29, 1.82) is 0 Å². The van der Waals surface area contributed by atoms with E-state index in [4.69, 9.17) is 0 Å². The summed E-state index contributed by atoms with van der Waals surface area (Å²) in [6.07, 6.45) is 0. The van der Waals surface area contributed by atoms with E-state index in [1.54, 1.807) is 18.5 Å². The first-order valence-electron chi connectivity index (χ1n) is 5.85. The molecule has 0 aliphatic heterocycles. The molecule has 1 N–H and O–H groups in total. The van der Waals surface area contributed by atoms with Crippen molar-refractivity contribution < 1.29 is 9.50 Å². The molecule has 0 bridgehead atoms. The monoisotopic (exact) mass is 327 g/mol. The molecule has 0 radical (unpaired) electrons. The number of hydrogen-bond donors (Lipinski definition) is 1. The maximum absolute atomic E-state index is 14.0. The van der Waals surface area contributed by atoms with Gasteiger partial charge in [-0.3, -0.25) is 4.79 Å². The molecule has 1 aromatic carbocycles. The van der Waals surface area contributed by atoms with Gasteiger partial charge in [-0.2, -0.15) is 0 Å². The van der Waals surface area contributed by atoms with Crippen LogP contribution in [0.3, 0.4) is 0 Å². The quantitative estimate of drug-likeness (QED) is 0.874. The molecule has 2 aromatic rings. The molecule has 19 heavy (non-hydrogen) atoms. The van der Waals surface area contributed by atoms with Gasteiger partial charge in [0.25, 0.3) is 0 Å². The molecule has 3 nitrogen and oxygen atoms in total. The lowest BCUT2D eigenvalue weighted by atomic mass is 9.96. The van der Waals surface area contributed by atoms with Crippen molar-refractivity contribution in [2.24, 2.45) is 7.05 Å². The number of pyridine rings is 1. The second-order valence-corrected chi connectivity index (χ2v) is 5.99. The average molecular weight is 328 g/mol. The molecule has 0 saturated carbocycles. The highest BCUT2D eigenvalue weighted by atomic mass is 79.9. The number of nitrogens with zero attached hydrogens (tertiary/aromatic N) is 1. The lowest BCUT2D eigenvalue weighted by Gasteiger charge is -2.20. The van der Waals surface area contributed by atoms with E-state index < -0.39 is 11.4 Å². The normalized spacial score (nSPS) is 12.2. The SMILES string of the molecule is Cc1c(Br)c(=O)c2cc(F)c(C(C)(C)O)cc2n1C. The minimum atomic E-state index is -1.30. The lowest BCUT2D eigenvalue weighted by Crippen LogP contribution is -2.20. The van der Waals surface area contributed by atoms with Gasteiger partial charge in [0, 0.05) is 23.7 Å². The smallest absolute Gasteiger partial charge is 0.203 e. The molecular weight excluding hydrogens is 313 g/mol. The fourth-order valence-electron chi connectivity index (χ4n) is 2.10. The molecule has 2 rings (SSSR count). The zero-order valence-corrected chi connectivity index (χ0v) is 12.8. The molecule has 0 amide bonds. The van der Waals surface area contributed by atoms with Crippen LogP contribution in [0.4, 0.5) is 4.39 Å². The fourth-order valence-corrected chi connectivity index (χ4v) is 2.58. The topological polar surface area (TPSA) is 42.2 Å². The summed E-state index contributed by atoms with van der Waals surface area (Å²) in [5.74, 6) is -0.576. The van der Waals surface area contributed by atoms with E-state index in [1.165, 1.54) is 26.0 Å². The van der Waals surface area contributed by atoms with Crippen LogP contribution in [0.25, 0.3) is 10.9 Å². The van der Waals surface area contributed by atoms with E-state index >= 15 is 0 Å². The minimum Gasteiger partial charge on any atom is -0.386 e. The molecule has 1 heterocycles. The maximum atomic E-state index is 14.0. The Morgan fingerprint density at radius 1 is 1.37 bits per heavy atom. The third-order valence-electron chi connectivity index (χ3n) is 3.37. The van der Waals surface area contributed by atoms with Gasteiger partial charge in [0.15, 0.2) is 0 Å². The molecule has 0 unspecified atom stereocenters. The predicted molar refractivity (Wildman–Crippen MR) is 76.8 cm³/mol. The number of fused-ring (bicyclic) bond motifs is 1. The van der Waals surface area contributed by atoms with Crippen LogP contribution in [0.5, 0.6) is 0 Å². The Balaban J connectivity index is 3.00. The summed E-state index contributed by atoms with van der Waals surface area (Å²) in [7, 11) is 1.80. The molecule has 0 atom stereocenters. The number of aliphatic hydroxyl groups is 1. The highest BCUT2D eigenvalue weighted by molar-refractivity contribution is 9.10. The number of hydrogen-bond acceptors (Lipinski definition) is 2. The molecule has 0 saturated heterocycles. The van der Waals surface area contributed by atoms with Crippen LogP contribution in [-0.4, -0.2) is 9.67 Å². The van der Waals surface area contributed by atoms with Crippen LogP contribution in [0.15, 0.2) is 21.4 Å². The first kappa shape index (κ1) is 14.2. The van der Waals surface area contributed by atoms with E-state index in [9.17, 15) is 14.3 Å². The van der Waals surface area contributed by atoms with Crippen molar-refractivity contribution in [3.63, 3.8) is 0 Å². The Bertz CT molecular complexity index is 729. The zero-order chi connectivity index (χ0) is 14.5. The van der Waals surface area contributed by atoms with Crippen LogP contribution < -0.4 is 5.43 Å². The van der Waals surface area contributed by atoms with Crippen LogP contribution in [0.1, 0.15) is 25.1 Å². The van der Waals surface area contributed by atoms with Gasteiger partial charge in [0.05, 0.1) is 15.6 Å². The third-order valence-corrected chi connectivity index (χ3v) is 4.30. The van der Waals surface area contributed by atoms with E-state index in [0.29, 0.717) is 15.4 Å². The molecule has 102 valence electrons. The molecular formula is C14H15BrFNO2. The minimum absolute atomic E-state index is 0.178. The summed E-state index contributed by atoms with van der Waals surface area (Å²) >= 11 is 3.23. The standard InChI is InChI=1S/C14H15BrFNO2/c1-7-12(15)13(18)8-5-10(16)9(14(2,3)19)6-11(8)17(7)4/h5-6,19H,1-4H3. The van der Waals surface area contributed by atoms with Gasteiger partial charge in [-0.15, -0.1) is 0 Å².